The number of nitrogens with zero attached hydrogens (tertiary/aromatic N) is 1. The minimum atomic E-state index is -0.459. The van der Waals surface area contributed by atoms with Gasteiger partial charge >= 0.3 is 6.09 Å². The highest BCUT2D eigenvalue weighted by atomic mass is 35.5. The van der Waals surface area contributed by atoms with E-state index in [4.69, 9.17) is 21.1 Å². The van der Waals surface area contributed by atoms with E-state index in [-0.39, 0.29) is 6.09 Å². The minimum absolute atomic E-state index is 0.310. The third-order valence-corrected chi connectivity index (χ3v) is 4.67. The van der Waals surface area contributed by atoms with Crippen molar-refractivity contribution < 1.29 is 19.4 Å². The first-order chi connectivity index (χ1) is 13.2. The summed E-state index contributed by atoms with van der Waals surface area (Å²) in [4.78, 5) is 13.1. The monoisotopic (exact) mass is 412 g/mol. The second kappa shape index (κ2) is 10.9. The van der Waals surface area contributed by atoms with Gasteiger partial charge in [-0.25, -0.2) is 4.79 Å². The number of rotatable bonds is 2. The Morgan fingerprint density at radius 1 is 1.21 bits per heavy atom. The van der Waals surface area contributed by atoms with E-state index in [1.165, 1.54) is 6.42 Å². The maximum Gasteiger partial charge on any atom is 0.410 e. The van der Waals surface area contributed by atoms with Gasteiger partial charge in [0.2, 0.25) is 0 Å². The first kappa shape index (κ1) is 22.8. The third kappa shape index (κ3) is 8.67. The SMILES string of the molecule is CC(C)(C)OC(=O)N1CCCC(O)C1.Clc1ccc(OC2CCCNC2)cc1. The van der Waals surface area contributed by atoms with Crippen LogP contribution in [-0.2, 0) is 4.74 Å². The first-order valence-electron chi connectivity index (χ1n) is 10.0. The number of likely N-dealkylation sites (tertiary alicyclic amines) is 1. The van der Waals surface area contributed by atoms with Crippen LogP contribution in [0.4, 0.5) is 4.79 Å². The van der Waals surface area contributed by atoms with Gasteiger partial charge < -0.3 is 24.8 Å². The van der Waals surface area contributed by atoms with E-state index >= 15 is 0 Å². The number of piperidine rings is 2. The molecule has 1 aromatic rings. The minimum Gasteiger partial charge on any atom is -0.489 e. The fourth-order valence-corrected chi connectivity index (χ4v) is 3.20. The van der Waals surface area contributed by atoms with Crippen LogP contribution >= 0.6 is 11.6 Å². The summed E-state index contributed by atoms with van der Waals surface area (Å²) in [5.74, 6) is 0.906. The second-order valence-electron chi connectivity index (χ2n) is 8.26. The van der Waals surface area contributed by atoms with Crippen molar-refractivity contribution in [1.82, 2.24) is 10.2 Å². The van der Waals surface area contributed by atoms with Gasteiger partial charge in [0.05, 0.1) is 6.10 Å². The molecule has 0 radical (unpaired) electrons. The molecule has 0 bridgehead atoms. The lowest BCUT2D eigenvalue weighted by Crippen LogP contribution is -2.44. The molecule has 2 atom stereocenters. The zero-order valence-corrected chi connectivity index (χ0v) is 17.9. The molecule has 2 heterocycles. The largest absolute Gasteiger partial charge is 0.489 e. The van der Waals surface area contributed by atoms with Gasteiger partial charge in [-0.1, -0.05) is 11.6 Å². The van der Waals surface area contributed by atoms with E-state index in [1.54, 1.807) is 4.90 Å². The quantitative estimate of drug-likeness (QED) is 0.772. The average Bonchev–Trinajstić information content (AvgIpc) is 2.64. The normalized spacial score (nSPS) is 22.7. The standard InChI is InChI=1S/C11H14ClNO.C10H19NO3/c12-9-3-5-10(6-4-9)14-11-2-1-7-13-8-11;1-10(2,3)14-9(13)11-6-4-5-8(12)7-11/h3-6,11,13H,1-2,7-8H2;8,12H,4-7H2,1-3H3. The van der Waals surface area contributed by atoms with Gasteiger partial charge in [-0.2, -0.15) is 0 Å². The van der Waals surface area contributed by atoms with E-state index in [0.29, 0.717) is 19.2 Å². The predicted octanol–water partition coefficient (Wildman–Crippen LogP) is 3.85. The van der Waals surface area contributed by atoms with Gasteiger partial charge in [0.25, 0.3) is 0 Å². The van der Waals surface area contributed by atoms with Crippen molar-refractivity contribution in [2.24, 2.45) is 0 Å². The summed E-state index contributed by atoms with van der Waals surface area (Å²) in [6.07, 6.45) is 3.55. The van der Waals surface area contributed by atoms with Gasteiger partial charge in [0.1, 0.15) is 17.5 Å². The fourth-order valence-electron chi connectivity index (χ4n) is 3.07. The molecule has 2 aliphatic heterocycles. The number of ether oxygens (including phenoxy) is 2. The van der Waals surface area contributed by atoms with Gasteiger partial charge in [-0.15, -0.1) is 0 Å². The fraction of sp³-hybridized carbons (Fsp3) is 0.667. The molecule has 2 N–H and O–H groups in total. The molecule has 0 aromatic heterocycles. The Balaban J connectivity index is 0.000000200. The Morgan fingerprint density at radius 2 is 1.93 bits per heavy atom. The number of β-amino-alcohol motifs (C(OH)–C–C–N with tert-alkyl or cyclic N) is 1. The summed E-state index contributed by atoms with van der Waals surface area (Å²) in [6, 6.07) is 7.54. The van der Waals surface area contributed by atoms with Crippen molar-refractivity contribution >= 4 is 17.7 Å². The van der Waals surface area contributed by atoms with Crippen LogP contribution in [0.1, 0.15) is 46.5 Å². The predicted molar refractivity (Wildman–Crippen MR) is 111 cm³/mol. The Morgan fingerprint density at radius 3 is 2.50 bits per heavy atom. The summed E-state index contributed by atoms with van der Waals surface area (Å²) in [6.45, 7) is 8.66. The van der Waals surface area contributed by atoms with Gasteiger partial charge in [-0.3, -0.25) is 0 Å². The van der Waals surface area contributed by atoms with Crippen LogP contribution in [0.2, 0.25) is 5.02 Å². The van der Waals surface area contributed by atoms with Gasteiger partial charge in [0, 0.05) is 24.7 Å². The van der Waals surface area contributed by atoms with Crippen LogP contribution in [-0.4, -0.2) is 60.1 Å². The Labute approximate surface area is 173 Å². The van der Waals surface area contributed by atoms with Gasteiger partial charge in [0.15, 0.2) is 0 Å². The van der Waals surface area contributed by atoms with Crippen LogP contribution in [0.3, 0.4) is 0 Å². The number of benzene rings is 1. The highest BCUT2D eigenvalue weighted by Crippen LogP contribution is 2.18. The molecule has 6 nitrogen and oxygen atoms in total. The number of halogens is 1. The lowest BCUT2D eigenvalue weighted by molar-refractivity contribution is 0.00391. The summed E-state index contributed by atoms with van der Waals surface area (Å²) >= 11 is 5.79. The number of amides is 1. The number of carbonyl (C=O) groups is 1. The Bertz CT molecular complexity index is 597. The lowest BCUT2D eigenvalue weighted by atomic mass is 10.1. The molecule has 158 valence electrons. The molecule has 28 heavy (non-hydrogen) atoms. The molecule has 3 rings (SSSR count). The maximum absolute atomic E-state index is 11.6. The van der Waals surface area contributed by atoms with Crippen LogP contribution < -0.4 is 10.1 Å². The molecule has 0 aliphatic carbocycles. The molecule has 2 unspecified atom stereocenters. The van der Waals surface area contributed by atoms with Crippen LogP contribution in [0.15, 0.2) is 24.3 Å². The van der Waals surface area contributed by atoms with Crippen molar-refractivity contribution in [3.05, 3.63) is 29.3 Å². The summed E-state index contributed by atoms with van der Waals surface area (Å²) in [5.41, 5.74) is -0.459. The molecule has 0 spiro atoms. The number of aliphatic hydroxyl groups excluding tert-OH is 1. The van der Waals surface area contributed by atoms with E-state index in [1.807, 2.05) is 45.0 Å². The third-order valence-electron chi connectivity index (χ3n) is 4.42. The van der Waals surface area contributed by atoms with E-state index in [9.17, 15) is 9.90 Å². The van der Waals surface area contributed by atoms with Crippen molar-refractivity contribution in [1.29, 1.82) is 0 Å². The second-order valence-corrected chi connectivity index (χ2v) is 8.70. The number of hydrogen-bond donors (Lipinski definition) is 2. The van der Waals surface area contributed by atoms with Crippen LogP contribution in [0.25, 0.3) is 0 Å². The zero-order chi connectivity index (χ0) is 20.6. The van der Waals surface area contributed by atoms with E-state index in [2.05, 4.69) is 5.32 Å². The molecule has 2 fully saturated rings. The number of aliphatic hydroxyl groups is 1. The van der Waals surface area contributed by atoms with Crippen LogP contribution in [0.5, 0.6) is 5.75 Å². The van der Waals surface area contributed by atoms with Crippen molar-refractivity contribution in [3.8, 4) is 5.75 Å². The van der Waals surface area contributed by atoms with Crippen molar-refractivity contribution in [2.45, 2.75) is 64.3 Å². The molecular formula is C21H33ClN2O4. The summed E-state index contributed by atoms with van der Waals surface area (Å²) in [7, 11) is 0. The molecular weight excluding hydrogens is 380 g/mol. The van der Waals surface area contributed by atoms with E-state index in [0.717, 1.165) is 43.1 Å². The molecule has 1 amide bonds. The summed E-state index contributed by atoms with van der Waals surface area (Å²) in [5, 5.41) is 13.4. The highest BCUT2D eigenvalue weighted by Gasteiger charge is 2.26. The zero-order valence-electron chi connectivity index (χ0n) is 17.1. The number of hydrogen-bond acceptors (Lipinski definition) is 5. The molecule has 1 aromatic carbocycles. The lowest BCUT2D eigenvalue weighted by Gasteiger charge is -2.32. The Hall–Kier alpha value is -1.50. The van der Waals surface area contributed by atoms with E-state index < -0.39 is 11.7 Å². The first-order valence-corrected chi connectivity index (χ1v) is 10.4. The van der Waals surface area contributed by atoms with Gasteiger partial charge in [-0.05, 0) is 77.3 Å². The smallest absolute Gasteiger partial charge is 0.410 e. The summed E-state index contributed by atoms with van der Waals surface area (Å²) < 4.78 is 11.0. The Kier molecular flexibility index (Phi) is 8.86. The average molecular weight is 413 g/mol. The number of carbonyl (C=O) groups excluding carboxylic acids is 1. The maximum atomic E-state index is 11.6. The molecule has 2 saturated heterocycles. The van der Waals surface area contributed by atoms with Crippen molar-refractivity contribution in [2.75, 3.05) is 26.2 Å². The molecule has 2 aliphatic rings. The topological polar surface area (TPSA) is 71.0 Å². The van der Waals surface area contributed by atoms with Crippen molar-refractivity contribution in [3.63, 3.8) is 0 Å². The number of nitrogens with one attached hydrogen (secondary N) is 1. The molecule has 7 heteroatoms. The highest BCUT2D eigenvalue weighted by molar-refractivity contribution is 6.30. The van der Waals surface area contributed by atoms with Crippen LogP contribution in [0, 0.1) is 0 Å². The molecule has 0 saturated carbocycles.